The molecule has 128 valence electrons. The van der Waals surface area contributed by atoms with E-state index >= 15 is 0 Å². The van der Waals surface area contributed by atoms with Gasteiger partial charge < -0.3 is 24.4 Å². The van der Waals surface area contributed by atoms with Gasteiger partial charge in [-0.15, -0.1) is 0 Å². The Morgan fingerprint density at radius 1 is 1.26 bits per heavy atom. The molecule has 2 aliphatic heterocycles. The minimum Gasteiger partial charge on any atom is -0.493 e. The molecule has 0 bridgehead atoms. The third kappa shape index (κ3) is 4.83. The van der Waals surface area contributed by atoms with Gasteiger partial charge in [-0.1, -0.05) is 6.07 Å². The number of nitrogens with one attached hydrogen (secondary N) is 1. The SMILES string of the molecule is COc1cc(CCN2CCNCC2)ccc1OC1CCCOC1. The van der Waals surface area contributed by atoms with E-state index in [0.717, 1.165) is 70.1 Å². The lowest BCUT2D eigenvalue weighted by atomic mass is 10.1. The lowest BCUT2D eigenvalue weighted by Crippen LogP contribution is -2.44. The number of benzene rings is 1. The van der Waals surface area contributed by atoms with Crippen molar-refractivity contribution in [2.75, 3.05) is 53.0 Å². The summed E-state index contributed by atoms with van der Waals surface area (Å²) in [4.78, 5) is 2.51. The summed E-state index contributed by atoms with van der Waals surface area (Å²) < 4.78 is 17.1. The van der Waals surface area contributed by atoms with Crippen LogP contribution in [0.3, 0.4) is 0 Å². The van der Waals surface area contributed by atoms with Crippen molar-refractivity contribution in [2.24, 2.45) is 0 Å². The standard InChI is InChI=1S/C18H28N2O3/c1-21-18-13-15(6-9-20-10-7-19-8-11-20)4-5-17(18)23-16-3-2-12-22-14-16/h4-5,13,16,19H,2-3,6-12,14H2,1H3. The molecule has 5 nitrogen and oxygen atoms in total. The van der Waals surface area contributed by atoms with E-state index in [0.29, 0.717) is 6.61 Å². The van der Waals surface area contributed by atoms with Gasteiger partial charge in [0.05, 0.1) is 13.7 Å². The highest BCUT2D eigenvalue weighted by Crippen LogP contribution is 2.30. The van der Waals surface area contributed by atoms with E-state index in [1.807, 2.05) is 6.07 Å². The van der Waals surface area contributed by atoms with Crippen LogP contribution in [0, 0.1) is 0 Å². The fourth-order valence-electron chi connectivity index (χ4n) is 3.17. The molecule has 0 aromatic heterocycles. The Kier molecular flexibility index (Phi) is 6.13. The first-order valence-corrected chi connectivity index (χ1v) is 8.69. The Balaban J connectivity index is 1.57. The number of methoxy groups -OCH3 is 1. The van der Waals surface area contributed by atoms with Crippen LogP contribution < -0.4 is 14.8 Å². The van der Waals surface area contributed by atoms with Crippen LogP contribution in [0.25, 0.3) is 0 Å². The second kappa shape index (κ2) is 8.52. The molecule has 0 spiro atoms. The minimum absolute atomic E-state index is 0.143. The smallest absolute Gasteiger partial charge is 0.161 e. The number of ether oxygens (including phenoxy) is 3. The van der Waals surface area contributed by atoms with Gasteiger partial charge in [0.25, 0.3) is 0 Å². The quantitative estimate of drug-likeness (QED) is 0.864. The number of nitrogens with zero attached hydrogens (tertiary/aromatic N) is 1. The van der Waals surface area contributed by atoms with Gasteiger partial charge in [-0.25, -0.2) is 0 Å². The predicted molar refractivity (Wildman–Crippen MR) is 90.5 cm³/mol. The molecular weight excluding hydrogens is 292 g/mol. The molecule has 1 atom stereocenters. The maximum atomic E-state index is 6.06. The molecular formula is C18H28N2O3. The Morgan fingerprint density at radius 3 is 2.87 bits per heavy atom. The topological polar surface area (TPSA) is 43.0 Å². The van der Waals surface area contributed by atoms with Crippen LogP contribution in [0.1, 0.15) is 18.4 Å². The van der Waals surface area contributed by atoms with E-state index < -0.39 is 0 Å². The first kappa shape index (κ1) is 16.6. The third-order valence-corrected chi connectivity index (χ3v) is 4.57. The average Bonchev–Trinajstić information content (AvgIpc) is 2.62. The van der Waals surface area contributed by atoms with Gasteiger partial charge in [-0.3, -0.25) is 0 Å². The van der Waals surface area contributed by atoms with E-state index in [9.17, 15) is 0 Å². The molecule has 0 saturated carbocycles. The monoisotopic (exact) mass is 320 g/mol. The van der Waals surface area contributed by atoms with Crippen molar-refractivity contribution in [1.82, 2.24) is 10.2 Å². The molecule has 1 unspecified atom stereocenters. The molecule has 1 aromatic rings. The number of hydrogen-bond donors (Lipinski definition) is 1. The largest absolute Gasteiger partial charge is 0.493 e. The zero-order chi connectivity index (χ0) is 15.9. The summed E-state index contributed by atoms with van der Waals surface area (Å²) in [6, 6.07) is 6.31. The van der Waals surface area contributed by atoms with Crippen molar-refractivity contribution in [3.63, 3.8) is 0 Å². The van der Waals surface area contributed by atoms with Crippen molar-refractivity contribution in [2.45, 2.75) is 25.4 Å². The van der Waals surface area contributed by atoms with Gasteiger partial charge >= 0.3 is 0 Å². The number of hydrogen-bond acceptors (Lipinski definition) is 5. The molecule has 2 heterocycles. The first-order valence-electron chi connectivity index (χ1n) is 8.69. The highest BCUT2D eigenvalue weighted by Gasteiger charge is 2.18. The van der Waals surface area contributed by atoms with Crippen molar-refractivity contribution in [3.05, 3.63) is 23.8 Å². The molecule has 0 radical (unpaired) electrons. The molecule has 5 heteroatoms. The summed E-state index contributed by atoms with van der Waals surface area (Å²) in [5.41, 5.74) is 1.30. The van der Waals surface area contributed by atoms with Crippen LogP contribution in [0.15, 0.2) is 18.2 Å². The molecule has 0 aliphatic carbocycles. The maximum Gasteiger partial charge on any atom is 0.161 e. The van der Waals surface area contributed by atoms with Gasteiger partial charge in [-0.05, 0) is 37.0 Å². The average molecular weight is 320 g/mol. The van der Waals surface area contributed by atoms with Crippen LogP contribution >= 0.6 is 0 Å². The summed E-state index contributed by atoms with van der Waals surface area (Å²) in [5.74, 6) is 1.65. The second-order valence-electron chi connectivity index (χ2n) is 6.28. The molecule has 1 N–H and O–H groups in total. The zero-order valence-electron chi connectivity index (χ0n) is 14.1. The highest BCUT2D eigenvalue weighted by molar-refractivity contribution is 5.43. The Morgan fingerprint density at radius 2 is 2.13 bits per heavy atom. The van der Waals surface area contributed by atoms with E-state index in [4.69, 9.17) is 14.2 Å². The summed E-state index contributed by atoms with van der Waals surface area (Å²) in [6.45, 7) is 7.09. The Hall–Kier alpha value is -1.30. The molecule has 23 heavy (non-hydrogen) atoms. The van der Waals surface area contributed by atoms with E-state index in [1.54, 1.807) is 7.11 Å². The van der Waals surface area contributed by atoms with Gasteiger partial charge in [0.1, 0.15) is 6.10 Å². The number of piperazine rings is 1. The fraction of sp³-hybridized carbons (Fsp3) is 0.667. The summed E-state index contributed by atoms with van der Waals surface area (Å²) in [6.07, 6.45) is 3.30. The van der Waals surface area contributed by atoms with Crippen LogP contribution in [0.5, 0.6) is 11.5 Å². The van der Waals surface area contributed by atoms with E-state index in [1.165, 1.54) is 5.56 Å². The van der Waals surface area contributed by atoms with Gasteiger partial charge in [0, 0.05) is 39.3 Å². The third-order valence-electron chi connectivity index (χ3n) is 4.57. The van der Waals surface area contributed by atoms with Gasteiger partial charge in [-0.2, -0.15) is 0 Å². The maximum absolute atomic E-state index is 6.06. The summed E-state index contributed by atoms with van der Waals surface area (Å²) >= 11 is 0. The van der Waals surface area contributed by atoms with Gasteiger partial charge in [0.15, 0.2) is 11.5 Å². The number of rotatable bonds is 6. The first-order chi connectivity index (χ1) is 11.3. The van der Waals surface area contributed by atoms with E-state index in [-0.39, 0.29) is 6.10 Å². The Bertz CT molecular complexity index is 483. The van der Waals surface area contributed by atoms with Crippen molar-refractivity contribution >= 4 is 0 Å². The van der Waals surface area contributed by atoms with Crippen LogP contribution in [-0.4, -0.2) is 64.1 Å². The molecule has 2 saturated heterocycles. The molecule has 2 fully saturated rings. The van der Waals surface area contributed by atoms with Crippen LogP contribution in [-0.2, 0) is 11.2 Å². The van der Waals surface area contributed by atoms with Crippen molar-refractivity contribution < 1.29 is 14.2 Å². The second-order valence-corrected chi connectivity index (χ2v) is 6.28. The summed E-state index contributed by atoms with van der Waals surface area (Å²) in [7, 11) is 1.71. The van der Waals surface area contributed by atoms with E-state index in [2.05, 4.69) is 22.3 Å². The predicted octanol–water partition coefficient (Wildman–Crippen LogP) is 1.70. The molecule has 1 aromatic carbocycles. The van der Waals surface area contributed by atoms with Crippen LogP contribution in [0.4, 0.5) is 0 Å². The Labute approximate surface area is 138 Å². The van der Waals surface area contributed by atoms with Crippen molar-refractivity contribution in [3.8, 4) is 11.5 Å². The lowest BCUT2D eigenvalue weighted by molar-refractivity contribution is 0.00643. The molecule has 2 aliphatic rings. The molecule has 3 rings (SSSR count). The lowest BCUT2D eigenvalue weighted by Gasteiger charge is -2.27. The zero-order valence-corrected chi connectivity index (χ0v) is 14.1. The normalized spacial score (nSPS) is 22.7. The fourth-order valence-corrected chi connectivity index (χ4v) is 3.17. The van der Waals surface area contributed by atoms with Gasteiger partial charge in [0.2, 0.25) is 0 Å². The van der Waals surface area contributed by atoms with Crippen LogP contribution in [0.2, 0.25) is 0 Å². The van der Waals surface area contributed by atoms with Crippen molar-refractivity contribution in [1.29, 1.82) is 0 Å². The summed E-state index contributed by atoms with van der Waals surface area (Å²) in [5, 5.41) is 3.39. The molecule has 0 amide bonds. The highest BCUT2D eigenvalue weighted by atomic mass is 16.5. The minimum atomic E-state index is 0.143.